The number of hydrogen-bond donors (Lipinski definition) is 0. The molecule has 188 valence electrons. The van der Waals surface area contributed by atoms with Crippen molar-refractivity contribution in [2.24, 2.45) is 5.92 Å². The minimum Gasteiger partial charge on any atom is -0.260 e. The summed E-state index contributed by atoms with van der Waals surface area (Å²) in [5, 5.41) is 4.01. The van der Waals surface area contributed by atoms with Gasteiger partial charge in [0.2, 0.25) is 9.84 Å². The topological polar surface area (TPSA) is 52.0 Å². The number of allylic oxidation sites excluding steroid dienone is 4. The van der Waals surface area contributed by atoms with E-state index in [0.29, 0.717) is 16.8 Å². The Bertz CT molecular complexity index is 1170. The maximum absolute atomic E-state index is 13.9. The van der Waals surface area contributed by atoms with Crippen LogP contribution in [-0.4, -0.2) is 24.1 Å². The van der Waals surface area contributed by atoms with Gasteiger partial charge in [-0.05, 0) is 38.5 Å². The summed E-state index contributed by atoms with van der Waals surface area (Å²) in [6.45, 7) is 11.3. The number of halogens is 4. The van der Waals surface area contributed by atoms with Gasteiger partial charge in [-0.1, -0.05) is 51.1 Å². The van der Waals surface area contributed by atoms with Crippen molar-refractivity contribution in [1.29, 1.82) is 0 Å². The van der Waals surface area contributed by atoms with Crippen LogP contribution in [0.2, 0.25) is 0 Å². The smallest absolute Gasteiger partial charge is 0.260 e. The van der Waals surface area contributed by atoms with Gasteiger partial charge in [0, 0.05) is 30.4 Å². The van der Waals surface area contributed by atoms with Crippen LogP contribution in [0.5, 0.6) is 0 Å². The molecule has 34 heavy (non-hydrogen) atoms. The van der Waals surface area contributed by atoms with E-state index in [2.05, 4.69) is 5.10 Å². The van der Waals surface area contributed by atoms with E-state index in [1.807, 2.05) is 20.8 Å². The zero-order valence-corrected chi connectivity index (χ0v) is 21.4. The molecule has 1 aromatic carbocycles. The molecule has 9 heteroatoms. The minimum atomic E-state index is -4.16. The second-order valence-electron chi connectivity index (χ2n) is 8.34. The third-order valence-electron chi connectivity index (χ3n) is 5.98. The zero-order chi connectivity index (χ0) is 26.1. The first-order valence-electron chi connectivity index (χ1n) is 11.2. The largest absolute Gasteiger partial charge is 0.270 e. The number of sulfone groups is 1. The second kappa shape index (κ2) is 10.1. The molecule has 0 saturated heterocycles. The van der Waals surface area contributed by atoms with Crippen molar-refractivity contribution >= 4 is 15.4 Å². The van der Waals surface area contributed by atoms with Crippen molar-refractivity contribution in [2.75, 3.05) is 0 Å². The van der Waals surface area contributed by atoms with Crippen LogP contribution in [-0.2, 0) is 15.8 Å². The molecule has 3 rings (SSSR count). The third-order valence-corrected chi connectivity index (χ3v) is 7.77. The molecule has 0 N–H and O–H groups in total. The lowest BCUT2D eigenvalue weighted by atomic mass is 9.76. The molecular weight excluding hydrogens is 468 g/mol. The highest BCUT2D eigenvalue weighted by atomic mass is 32.2. The van der Waals surface area contributed by atoms with Gasteiger partial charge in [-0.3, -0.25) is 4.68 Å². The van der Waals surface area contributed by atoms with Crippen LogP contribution in [0.1, 0.15) is 70.8 Å². The van der Waals surface area contributed by atoms with Crippen LogP contribution < -0.4 is 0 Å². The molecule has 1 aliphatic rings. The molecule has 2 unspecified atom stereocenters. The van der Waals surface area contributed by atoms with Gasteiger partial charge >= 0.3 is 0 Å². The Balaban J connectivity index is 0.00000199. The summed E-state index contributed by atoms with van der Waals surface area (Å²) in [7, 11) is -4.16. The number of alkyl halides is 4. The summed E-state index contributed by atoms with van der Waals surface area (Å²) in [5.74, 6) is -6.95. The lowest BCUT2D eigenvalue weighted by Gasteiger charge is -2.43. The molecule has 1 aromatic heterocycles. The summed E-state index contributed by atoms with van der Waals surface area (Å²) >= 11 is 0. The molecular formula is C25H32F4N2O2S. The summed E-state index contributed by atoms with van der Waals surface area (Å²) in [5.41, 5.74) is 1.16. The molecule has 1 heterocycles. The van der Waals surface area contributed by atoms with Crippen LogP contribution in [0.25, 0.3) is 5.57 Å². The summed E-state index contributed by atoms with van der Waals surface area (Å²) in [4.78, 5) is -0.188. The number of nitrogens with zero attached hydrogens (tertiary/aromatic N) is 2. The van der Waals surface area contributed by atoms with E-state index in [0.717, 1.165) is 31.2 Å². The van der Waals surface area contributed by atoms with E-state index in [-0.39, 0.29) is 15.5 Å². The number of aromatic nitrogens is 2. The SMILES string of the molecule is C/C=C\C=C(\C)c1c(C)c(S(=O)(=O)c2ccc(C(C)(F)F)cc2)nn1C1CC(F)(F)C1C.CC. The maximum atomic E-state index is 13.9. The molecule has 2 atom stereocenters. The Morgan fingerprint density at radius 2 is 1.76 bits per heavy atom. The second-order valence-corrected chi connectivity index (χ2v) is 10.2. The van der Waals surface area contributed by atoms with Crippen LogP contribution in [0.15, 0.2) is 52.4 Å². The van der Waals surface area contributed by atoms with Gasteiger partial charge in [-0.25, -0.2) is 26.0 Å². The first-order valence-corrected chi connectivity index (χ1v) is 12.7. The first-order chi connectivity index (χ1) is 15.7. The molecule has 0 aliphatic heterocycles. The Kier molecular flexibility index (Phi) is 8.23. The summed E-state index contributed by atoms with van der Waals surface area (Å²) in [6, 6.07) is 3.70. The van der Waals surface area contributed by atoms with E-state index in [1.54, 1.807) is 32.1 Å². The monoisotopic (exact) mass is 500 g/mol. The normalized spacial score (nSPS) is 20.6. The van der Waals surface area contributed by atoms with E-state index in [4.69, 9.17) is 0 Å². The van der Waals surface area contributed by atoms with Gasteiger partial charge in [-0.2, -0.15) is 5.10 Å². The number of rotatable bonds is 6. The molecule has 2 aromatic rings. The van der Waals surface area contributed by atoms with Crippen molar-refractivity contribution in [3.05, 3.63) is 59.3 Å². The molecule has 1 fully saturated rings. The quantitative estimate of drug-likeness (QED) is 0.308. The Morgan fingerprint density at radius 1 is 1.21 bits per heavy atom. The average Bonchev–Trinajstić information content (AvgIpc) is 3.14. The number of benzene rings is 1. The fourth-order valence-corrected chi connectivity index (χ4v) is 5.30. The van der Waals surface area contributed by atoms with Crippen molar-refractivity contribution < 1.29 is 26.0 Å². The average molecular weight is 501 g/mol. The van der Waals surface area contributed by atoms with Crippen molar-refractivity contribution in [1.82, 2.24) is 9.78 Å². The van der Waals surface area contributed by atoms with E-state index >= 15 is 0 Å². The Morgan fingerprint density at radius 3 is 2.21 bits per heavy atom. The molecule has 1 aliphatic carbocycles. The lowest BCUT2D eigenvalue weighted by Crippen LogP contribution is -2.47. The van der Waals surface area contributed by atoms with E-state index in [1.165, 1.54) is 11.6 Å². The highest BCUT2D eigenvalue weighted by Gasteiger charge is 2.55. The molecule has 1 saturated carbocycles. The Hall–Kier alpha value is -2.42. The zero-order valence-electron chi connectivity index (χ0n) is 20.5. The van der Waals surface area contributed by atoms with Crippen molar-refractivity contribution in [3.8, 4) is 0 Å². The van der Waals surface area contributed by atoms with Gasteiger partial charge in [0.25, 0.3) is 11.8 Å². The van der Waals surface area contributed by atoms with Crippen LogP contribution in [0.3, 0.4) is 0 Å². The predicted octanol–water partition coefficient (Wildman–Crippen LogP) is 7.36. The molecule has 0 bridgehead atoms. The molecule has 0 radical (unpaired) electrons. The van der Waals surface area contributed by atoms with E-state index < -0.39 is 40.1 Å². The third kappa shape index (κ3) is 5.14. The van der Waals surface area contributed by atoms with Gasteiger partial charge in [0.05, 0.1) is 16.6 Å². The minimum absolute atomic E-state index is 0.188. The fraction of sp³-hybridized carbons (Fsp3) is 0.480. The van der Waals surface area contributed by atoms with Crippen LogP contribution in [0.4, 0.5) is 17.6 Å². The standard InChI is InChI=1S/C23H26F4N2O2S.C2H6/c1-6-7-8-14(2)20-15(3)21(28-29(20)19-13-23(26,27)16(19)4)32(30,31)18-11-9-17(10-12-18)22(5,24)25;1-2/h6-12,16,19H,13H2,1-5H3;1-2H3/b7-6-,14-8-;. The van der Waals surface area contributed by atoms with E-state index in [9.17, 15) is 26.0 Å². The fourth-order valence-electron chi connectivity index (χ4n) is 3.89. The van der Waals surface area contributed by atoms with Crippen molar-refractivity contribution in [2.45, 2.75) is 82.7 Å². The highest BCUT2D eigenvalue weighted by Crippen LogP contribution is 2.52. The predicted molar refractivity (Wildman–Crippen MR) is 126 cm³/mol. The van der Waals surface area contributed by atoms with Crippen LogP contribution >= 0.6 is 0 Å². The lowest BCUT2D eigenvalue weighted by molar-refractivity contribution is -0.161. The molecule has 0 spiro atoms. The summed E-state index contributed by atoms with van der Waals surface area (Å²) in [6.07, 6.45) is 4.89. The Labute approximate surface area is 199 Å². The summed E-state index contributed by atoms with van der Waals surface area (Å²) < 4.78 is 82.8. The highest BCUT2D eigenvalue weighted by molar-refractivity contribution is 7.91. The van der Waals surface area contributed by atoms with Crippen LogP contribution in [0, 0.1) is 12.8 Å². The first kappa shape index (κ1) is 27.8. The number of hydrogen-bond acceptors (Lipinski definition) is 3. The van der Waals surface area contributed by atoms with Gasteiger partial charge in [-0.15, -0.1) is 0 Å². The molecule has 4 nitrogen and oxygen atoms in total. The molecule has 0 amide bonds. The van der Waals surface area contributed by atoms with Gasteiger partial charge in [0.1, 0.15) is 0 Å². The van der Waals surface area contributed by atoms with Crippen molar-refractivity contribution in [3.63, 3.8) is 0 Å². The van der Waals surface area contributed by atoms with Gasteiger partial charge < -0.3 is 0 Å². The van der Waals surface area contributed by atoms with Gasteiger partial charge in [0.15, 0.2) is 5.03 Å². The maximum Gasteiger partial charge on any atom is 0.270 e.